The second kappa shape index (κ2) is 11.8. The van der Waals surface area contributed by atoms with E-state index in [2.05, 4.69) is 38.1 Å². The number of nitrogens with zero attached hydrogens (tertiary/aromatic N) is 2. The van der Waals surface area contributed by atoms with Gasteiger partial charge in [-0.1, -0.05) is 31.2 Å². The molecule has 1 saturated carbocycles. The van der Waals surface area contributed by atoms with Crippen molar-refractivity contribution in [2.75, 3.05) is 41.7 Å². The number of methoxy groups -OCH3 is 2. The van der Waals surface area contributed by atoms with Gasteiger partial charge in [-0.05, 0) is 87.0 Å². The van der Waals surface area contributed by atoms with Crippen molar-refractivity contribution in [3.8, 4) is 11.5 Å². The van der Waals surface area contributed by atoms with Crippen LogP contribution in [-0.2, 0) is 16.8 Å². The van der Waals surface area contributed by atoms with Crippen molar-refractivity contribution >= 4 is 6.03 Å². The number of amides is 2. The molecule has 0 aromatic heterocycles. The van der Waals surface area contributed by atoms with Crippen molar-refractivity contribution in [2.45, 2.75) is 51.1 Å². The van der Waals surface area contributed by atoms with E-state index in [-0.39, 0.29) is 23.8 Å². The summed E-state index contributed by atoms with van der Waals surface area (Å²) in [7, 11) is 7.59. The molecule has 0 aliphatic heterocycles. The van der Waals surface area contributed by atoms with Crippen LogP contribution in [0, 0.1) is 5.41 Å². The Morgan fingerprint density at radius 1 is 0.943 bits per heavy atom. The number of benzene rings is 2. The van der Waals surface area contributed by atoms with Gasteiger partial charge < -0.3 is 24.8 Å². The van der Waals surface area contributed by atoms with E-state index < -0.39 is 0 Å². The minimum Gasteiger partial charge on any atom is -0.497 e. The van der Waals surface area contributed by atoms with E-state index in [0.717, 1.165) is 49.2 Å². The lowest BCUT2D eigenvalue weighted by Gasteiger charge is -2.51. The Morgan fingerprint density at radius 3 is 2.03 bits per heavy atom. The minimum absolute atomic E-state index is 0.0442. The average molecular weight is 484 g/mol. The Labute approximate surface area is 210 Å². The first-order valence-corrected chi connectivity index (χ1v) is 12.3. The Balaban J connectivity index is 1.74. The van der Waals surface area contributed by atoms with Crippen LogP contribution in [-0.4, -0.2) is 57.5 Å². The SMILES string of the molecule is CC[C@]1(CN(Cc2ccc(OC)cc2)C(N)=O)CC[C@](c2ccc(OCOC)cc2)(N(C)C)CC1. The van der Waals surface area contributed by atoms with Crippen LogP contribution >= 0.6 is 0 Å². The van der Waals surface area contributed by atoms with Crippen LogP contribution in [0.15, 0.2) is 48.5 Å². The normalized spacial score (nSPS) is 22.1. The Morgan fingerprint density at radius 2 is 1.54 bits per heavy atom. The maximum absolute atomic E-state index is 12.4. The van der Waals surface area contributed by atoms with Crippen LogP contribution in [0.25, 0.3) is 0 Å². The summed E-state index contributed by atoms with van der Waals surface area (Å²) in [6.45, 7) is 3.64. The highest BCUT2D eigenvalue weighted by Gasteiger charge is 2.45. The zero-order chi connectivity index (χ0) is 25.5. The van der Waals surface area contributed by atoms with E-state index in [1.54, 1.807) is 19.1 Å². The molecule has 0 radical (unpaired) electrons. The molecular weight excluding hydrogens is 442 g/mol. The topological polar surface area (TPSA) is 77.3 Å². The van der Waals surface area contributed by atoms with Crippen LogP contribution in [0.4, 0.5) is 4.79 Å². The Bertz CT molecular complexity index is 936. The molecule has 2 aromatic carbocycles. The van der Waals surface area contributed by atoms with E-state index in [1.807, 2.05) is 36.4 Å². The highest BCUT2D eigenvalue weighted by molar-refractivity contribution is 5.72. The van der Waals surface area contributed by atoms with Gasteiger partial charge in [0.05, 0.1) is 7.11 Å². The molecule has 1 aliphatic carbocycles. The summed E-state index contributed by atoms with van der Waals surface area (Å²) in [6, 6.07) is 15.8. The van der Waals surface area contributed by atoms with Gasteiger partial charge in [-0.3, -0.25) is 4.90 Å². The first kappa shape index (κ1) is 26.8. The van der Waals surface area contributed by atoms with Crippen molar-refractivity contribution in [3.63, 3.8) is 0 Å². The maximum atomic E-state index is 12.4. The van der Waals surface area contributed by atoms with Crippen molar-refractivity contribution in [1.82, 2.24) is 9.80 Å². The molecule has 2 amide bonds. The summed E-state index contributed by atoms with van der Waals surface area (Å²) >= 11 is 0. The van der Waals surface area contributed by atoms with Crippen molar-refractivity contribution in [2.24, 2.45) is 11.1 Å². The van der Waals surface area contributed by atoms with Gasteiger partial charge in [-0.25, -0.2) is 4.79 Å². The first-order valence-electron chi connectivity index (χ1n) is 12.3. The highest BCUT2D eigenvalue weighted by atomic mass is 16.7. The van der Waals surface area contributed by atoms with Gasteiger partial charge in [0, 0.05) is 25.7 Å². The molecule has 0 heterocycles. The van der Waals surface area contributed by atoms with E-state index in [4.69, 9.17) is 19.9 Å². The van der Waals surface area contributed by atoms with Crippen LogP contribution in [0.3, 0.4) is 0 Å². The maximum Gasteiger partial charge on any atom is 0.315 e. The summed E-state index contributed by atoms with van der Waals surface area (Å²) in [5, 5.41) is 0. The van der Waals surface area contributed by atoms with Crippen molar-refractivity contribution in [3.05, 3.63) is 59.7 Å². The number of carbonyl (C=O) groups excluding carboxylic acids is 1. The van der Waals surface area contributed by atoms with Gasteiger partial charge in [0.2, 0.25) is 0 Å². The molecule has 1 fully saturated rings. The van der Waals surface area contributed by atoms with Gasteiger partial charge in [0.25, 0.3) is 0 Å². The number of primary amides is 1. The van der Waals surface area contributed by atoms with E-state index in [1.165, 1.54) is 5.56 Å². The number of hydrogen-bond donors (Lipinski definition) is 1. The third-order valence-corrected chi connectivity index (χ3v) is 7.85. The predicted molar refractivity (Wildman–Crippen MR) is 138 cm³/mol. The molecule has 192 valence electrons. The molecule has 0 atom stereocenters. The molecule has 0 spiro atoms. The van der Waals surface area contributed by atoms with Gasteiger partial charge in [0.1, 0.15) is 11.5 Å². The molecule has 7 nitrogen and oxygen atoms in total. The molecule has 0 bridgehead atoms. The third-order valence-electron chi connectivity index (χ3n) is 7.85. The van der Waals surface area contributed by atoms with E-state index in [0.29, 0.717) is 13.1 Å². The Kier molecular flexibility index (Phi) is 9.03. The molecule has 1 aliphatic rings. The summed E-state index contributed by atoms with van der Waals surface area (Å²) in [6.07, 6.45) is 5.08. The monoisotopic (exact) mass is 483 g/mol. The number of ether oxygens (including phenoxy) is 3. The smallest absolute Gasteiger partial charge is 0.315 e. The Hall–Kier alpha value is -2.77. The van der Waals surface area contributed by atoms with Crippen LogP contribution in [0.2, 0.25) is 0 Å². The molecule has 7 heteroatoms. The van der Waals surface area contributed by atoms with Gasteiger partial charge >= 0.3 is 6.03 Å². The second-order valence-corrected chi connectivity index (χ2v) is 9.90. The fourth-order valence-corrected chi connectivity index (χ4v) is 5.37. The van der Waals surface area contributed by atoms with Crippen molar-refractivity contribution in [1.29, 1.82) is 0 Å². The standard InChI is InChI=1S/C28H41N3O4/c1-6-27(20-31(26(29)32)19-22-7-11-24(34-5)12-8-22)15-17-28(18-16-27,30(2)3)23-9-13-25(14-10-23)35-21-33-4/h7-14H,6,15-21H2,1-5H3,(H2,29,32)/t27-,28-. The summed E-state index contributed by atoms with van der Waals surface area (Å²) in [5.74, 6) is 1.61. The lowest BCUT2D eigenvalue weighted by Crippen LogP contribution is -2.50. The number of rotatable bonds is 11. The lowest BCUT2D eigenvalue weighted by molar-refractivity contribution is 0.0175. The number of urea groups is 1. The molecule has 2 aromatic rings. The van der Waals surface area contributed by atoms with Crippen LogP contribution < -0.4 is 15.2 Å². The number of nitrogens with two attached hydrogens (primary N) is 1. The second-order valence-electron chi connectivity index (χ2n) is 9.90. The molecule has 35 heavy (non-hydrogen) atoms. The molecule has 0 saturated heterocycles. The number of carbonyl (C=O) groups is 1. The van der Waals surface area contributed by atoms with Gasteiger partial charge in [-0.2, -0.15) is 0 Å². The minimum atomic E-state index is -0.371. The molecule has 3 rings (SSSR count). The summed E-state index contributed by atoms with van der Waals surface area (Å²) in [4.78, 5) is 16.6. The van der Waals surface area contributed by atoms with Crippen LogP contribution in [0.5, 0.6) is 11.5 Å². The molecular formula is C28H41N3O4. The summed E-state index contributed by atoms with van der Waals surface area (Å²) < 4.78 is 15.8. The highest BCUT2D eigenvalue weighted by Crippen LogP contribution is 2.50. The van der Waals surface area contributed by atoms with Crippen LogP contribution in [0.1, 0.15) is 50.2 Å². The van der Waals surface area contributed by atoms with Gasteiger partial charge in [-0.15, -0.1) is 0 Å². The quantitative estimate of drug-likeness (QED) is 0.456. The zero-order valence-electron chi connectivity index (χ0n) is 21.9. The average Bonchev–Trinajstić information content (AvgIpc) is 2.88. The fraction of sp³-hybridized carbons (Fsp3) is 0.536. The lowest BCUT2D eigenvalue weighted by atomic mass is 9.63. The molecule has 0 unspecified atom stereocenters. The summed E-state index contributed by atoms with van der Waals surface area (Å²) in [5.41, 5.74) is 8.18. The largest absolute Gasteiger partial charge is 0.497 e. The van der Waals surface area contributed by atoms with E-state index in [9.17, 15) is 4.79 Å². The van der Waals surface area contributed by atoms with E-state index >= 15 is 0 Å². The first-order chi connectivity index (χ1) is 16.8. The predicted octanol–water partition coefficient (Wildman–Crippen LogP) is 4.99. The molecule has 2 N–H and O–H groups in total. The third kappa shape index (κ3) is 6.27. The zero-order valence-corrected chi connectivity index (χ0v) is 21.9. The number of hydrogen-bond acceptors (Lipinski definition) is 5. The van der Waals surface area contributed by atoms with Gasteiger partial charge in [0.15, 0.2) is 6.79 Å². The van der Waals surface area contributed by atoms with Crippen molar-refractivity contribution < 1.29 is 19.0 Å². The fourth-order valence-electron chi connectivity index (χ4n) is 5.37.